The Bertz CT molecular complexity index is 518. The second-order valence-corrected chi connectivity index (χ2v) is 6.02. The number of benzene rings is 1. The first kappa shape index (κ1) is 16.7. The van der Waals surface area contributed by atoms with Crippen LogP contribution in [-0.4, -0.2) is 55.6 Å². The summed E-state index contributed by atoms with van der Waals surface area (Å²) in [4.78, 5) is 4.96. The van der Waals surface area contributed by atoms with Crippen molar-refractivity contribution in [3.8, 4) is 6.07 Å². The van der Waals surface area contributed by atoms with Crippen molar-refractivity contribution in [3.05, 3.63) is 29.6 Å². The molecule has 0 bridgehead atoms. The predicted octanol–water partition coefficient (Wildman–Crippen LogP) is 2.38. The molecule has 0 radical (unpaired) electrons. The van der Waals surface area contributed by atoms with Gasteiger partial charge in [-0.05, 0) is 30.7 Å². The molecule has 0 aliphatic carbocycles. The molecule has 5 heteroatoms. The third kappa shape index (κ3) is 4.69. The molecule has 22 heavy (non-hydrogen) atoms. The molecule has 1 heterocycles. The van der Waals surface area contributed by atoms with Gasteiger partial charge < -0.3 is 15.1 Å². The van der Waals surface area contributed by atoms with E-state index in [1.54, 1.807) is 6.07 Å². The zero-order valence-corrected chi connectivity index (χ0v) is 13.5. The summed E-state index contributed by atoms with van der Waals surface area (Å²) in [6.07, 6.45) is 0. The Morgan fingerprint density at radius 2 is 1.95 bits per heavy atom. The van der Waals surface area contributed by atoms with Crippen molar-refractivity contribution in [3.63, 3.8) is 0 Å². The lowest BCUT2D eigenvalue weighted by molar-refractivity contribution is 0.126. The topological polar surface area (TPSA) is 42.3 Å². The van der Waals surface area contributed by atoms with Crippen LogP contribution in [0.5, 0.6) is 0 Å². The van der Waals surface area contributed by atoms with Gasteiger partial charge in [0.05, 0.1) is 11.3 Å². The second-order valence-electron chi connectivity index (χ2n) is 6.02. The molecule has 1 aliphatic heterocycles. The van der Waals surface area contributed by atoms with Crippen LogP contribution in [0, 0.1) is 23.1 Å². The minimum absolute atomic E-state index is 0.365. The van der Waals surface area contributed by atoms with Gasteiger partial charge in [0.1, 0.15) is 11.9 Å². The normalized spacial score (nSPS) is 17.9. The number of rotatable bonds is 6. The molecule has 0 aromatic heterocycles. The van der Waals surface area contributed by atoms with Crippen molar-refractivity contribution in [2.75, 3.05) is 51.1 Å². The number of nitriles is 1. The van der Waals surface area contributed by atoms with Gasteiger partial charge >= 0.3 is 0 Å². The quantitative estimate of drug-likeness (QED) is 0.876. The van der Waals surface area contributed by atoms with Gasteiger partial charge in [-0.15, -0.1) is 0 Å². The van der Waals surface area contributed by atoms with Gasteiger partial charge in [-0.1, -0.05) is 13.8 Å². The maximum Gasteiger partial charge on any atom is 0.124 e. The molecule has 4 nitrogen and oxygen atoms in total. The van der Waals surface area contributed by atoms with E-state index in [-0.39, 0.29) is 5.82 Å². The SMILES string of the molecule is CCN1CCN(CC(C)CNc2ccc(F)cc2C#N)CC1. The molecule has 1 aromatic rings. The fraction of sp³-hybridized carbons (Fsp3) is 0.588. The molecule has 120 valence electrons. The van der Waals surface area contributed by atoms with Crippen LogP contribution in [0.4, 0.5) is 10.1 Å². The lowest BCUT2D eigenvalue weighted by Crippen LogP contribution is -2.47. The van der Waals surface area contributed by atoms with E-state index in [9.17, 15) is 4.39 Å². The first-order valence-corrected chi connectivity index (χ1v) is 8.00. The highest BCUT2D eigenvalue weighted by molar-refractivity contribution is 5.57. The lowest BCUT2D eigenvalue weighted by atomic mass is 10.1. The lowest BCUT2D eigenvalue weighted by Gasteiger charge is -2.35. The van der Waals surface area contributed by atoms with Crippen LogP contribution in [-0.2, 0) is 0 Å². The minimum Gasteiger partial charge on any atom is -0.384 e. The number of likely N-dealkylation sites (N-methyl/N-ethyl adjacent to an activating group) is 1. The Balaban J connectivity index is 1.79. The zero-order chi connectivity index (χ0) is 15.9. The van der Waals surface area contributed by atoms with Crippen molar-refractivity contribution >= 4 is 5.69 Å². The average molecular weight is 304 g/mol. The van der Waals surface area contributed by atoms with Gasteiger partial charge in [0, 0.05) is 39.3 Å². The number of nitrogens with zero attached hydrogens (tertiary/aromatic N) is 3. The molecule has 2 rings (SSSR count). The average Bonchev–Trinajstić information content (AvgIpc) is 2.54. The smallest absolute Gasteiger partial charge is 0.124 e. The van der Waals surface area contributed by atoms with E-state index in [1.165, 1.54) is 12.1 Å². The maximum absolute atomic E-state index is 13.1. The second kappa shape index (κ2) is 8.11. The molecule has 1 atom stereocenters. The number of anilines is 1. The van der Waals surface area contributed by atoms with E-state index in [2.05, 4.69) is 29.0 Å². The van der Waals surface area contributed by atoms with Gasteiger partial charge in [-0.25, -0.2) is 4.39 Å². The molecule has 0 spiro atoms. The number of hydrogen-bond acceptors (Lipinski definition) is 4. The van der Waals surface area contributed by atoms with E-state index >= 15 is 0 Å². The van der Waals surface area contributed by atoms with Gasteiger partial charge in [0.15, 0.2) is 0 Å². The number of hydrogen-bond donors (Lipinski definition) is 1. The molecule has 1 saturated heterocycles. The largest absolute Gasteiger partial charge is 0.384 e. The number of piperazine rings is 1. The standard InChI is InChI=1S/C17H25FN4/c1-3-21-6-8-22(9-7-21)13-14(2)12-20-17-5-4-16(18)10-15(17)11-19/h4-5,10,14,20H,3,6-9,12-13H2,1-2H3. The predicted molar refractivity (Wildman–Crippen MR) is 87.3 cm³/mol. The molecule has 1 aliphatic rings. The van der Waals surface area contributed by atoms with Crippen molar-refractivity contribution in [2.24, 2.45) is 5.92 Å². The van der Waals surface area contributed by atoms with E-state index in [4.69, 9.17) is 5.26 Å². The van der Waals surface area contributed by atoms with Crippen LogP contribution in [0.2, 0.25) is 0 Å². The van der Waals surface area contributed by atoms with E-state index in [1.807, 2.05) is 6.07 Å². The zero-order valence-electron chi connectivity index (χ0n) is 13.5. The summed E-state index contributed by atoms with van der Waals surface area (Å²) in [6.45, 7) is 11.9. The summed E-state index contributed by atoms with van der Waals surface area (Å²) < 4.78 is 13.1. The van der Waals surface area contributed by atoms with E-state index in [0.717, 1.165) is 45.8 Å². The van der Waals surface area contributed by atoms with Crippen LogP contribution in [0.25, 0.3) is 0 Å². The summed E-state index contributed by atoms with van der Waals surface area (Å²) in [5, 5.41) is 12.3. The molecule has 0 saturated carbocycles. The van der Waals surface area contributed by atoms with Crippen LogP contribution in [0.1, 0.15) is 19.4 Å². The molecular formula is C17H25FN4. The van der Waals surface area contributed by atoms with Crippen LogP contribution in [0.3, 0.4) is 0 Å². The first-order chi connectivity index (χ1) is 10.6. The molecular weight excluding hydrogens is 279 g/mol. The maximum atomic E-state index is 13.1. The summed E-state index contributed by atoms with van der Waals surface area (Å²) in [7, 11) is 0. The van der Waals surface area contributed by atoms with Crippen LogP contribution >= 0.6 is 0 Å². The van der Waals surface area contributed by atoms with E-state index in [0.29, 0.717) is 17.2 Å². The highest BCUT2D eigenvalue weighted by Gasteiger charge is 2.17. The molecule has 1 fully saturated rings. The highest BCUT2D eigenvalue weighted by Crippen LogP contribution is 2.16. The molecule has 1 aromatic carbocycles. The summed E-state index contributed by atoms with van der Waals surface area (Å²) in [6, 6.07) is 6.34. The fourth-order valence-corrected chi connectivity index (χ4v) is 2.84. The molecule has 1 unspecified atom stereocenters. The Kier molecular flexibility index (Phi) is 6.17. The van der Waals surface area contributed by atoms with Gasteiger partial charge in [-0.2, -0.15) is 5.26 Å². The Labute approximate surface area is 132 Å². The minimum atomic E-state index is -0.371. The highest BCUT2D eigenvalue weighted by atomic mass is 19.1. The molecule has 1 N–H and O–H groups in total. The Hall–Kier alpha value is -1.64. The first-order valence-electron chi connectivity index (χ1n) is 8.00. The monoisotopic (exact) mass is 304 g/mol. The van der Waals surface area contributed by atoms with Gasteiger partial charge in [0.25, 0.3) is 0 Å². The van der Waals surface area contributed by atoms with Gasteiger partial charge in [0.2, 0.25) is 0 Å². The Morgan fingerprint density at radius 1 is 1.27 bits per heavy atom. The van der Waals surface area contributed by atoms with Crippen molar-refractivity contribution in [1.29, 1.82) is 5.26 Å². The van der Waals surface area contributed by atoms with Crippen LogP contribution in [0.15, 0.2) is 18.2 Å². The van der Waals surface area contributed by atoms with Crippen molar-refractivity contribution in [2.45, 2.75) is 13.8 Å². The van der Waals surface area contributed by atoms with Crippen molar-refractivity contribution < 1.29 is 4.39 Å². The molecule has 0 amide bonds. The van der Waals surface area contributed by atoms with Gasteiger partial charge in [-0.3, -0.25) is 0 Å². The third-order valence-electron chi connectivity index (χ3n) is 4.23. The Morgan fingerprint density at radius 3 is 2.59 bits per heavy atom. The summed E-state index contributed by atoms with van der Waals surface area (Å²) in [5.41, 5.74) is 1.08. The summed E-state index contributed by atoms with van der Waals surface area (Å²) in [5.74, 6) is 0.105. The van der Waals surface area contributed by atoms with Crippen molar-refractivity contribution in [1.82, 2.24) is 9.80 Å². The van der Waals surface area contributed by atoms with Crippen LogP contribution < -0.4 is 5.32 Å². The third-order valence-corrected chi connectivity index (χ3v) is 4.23. The number of nitrogens with one attached hydrogen (secondary N) is 1. The summed E-state index contributed by atoms with van der Waals surface area (Å²) >= 11 is 0. The fourth-order valence-electron chi connectivity index (χ4n) is 2.84. The number of halogens is 1. The van der Waals surface area contributed by atoms with E-state index < -0.39 is 0 Å².